The molecule has 0 saturated carbocycles. The van der Waals surface area contributed by atoms with E-state index >= 15 is 0 Å². The Hall–Kier alpha value is -2.61. The normalized spacial score (nSPS) is 11.8. The van der Waals surface area contributed by atoms with E-state index in [1.807, 2.05) is 0 Å². The Morgan fingerprint density at radius 3 is 1.89 bits per heavy atom. The van der Waals surface area contributed by atoms with Crippen LogP contribution in [0.2, 0.25) is 0 Å². The van der Waals surface area contributed by atoms with Crippen LogP contribution < -0.4 is 5.73 Å². The van der Waals surface area contributed by atoms with Gasteiger partial charge in [-0.15, -0.1) is 0 Å². The SMILES string of the molecule is CCCCc1ccccc1C(N)(CCCC)CCCC.O=S(=O)(O)c1cc(O)c2ccccc2c1O. The van der Waals surface area contributed by atoms with Crippen molar-refractivity contribution in [2.75, 3.05) is 0 Å². The fourth-order valence-corrected chi connectivity index (χ4v) is 5.10. The van der Waals surface area contributed by atoms with Crippen LogP contribution in [-0.4, -0.2) is 23.2 Å². The molecule has 0 saturated heterocycles. The number of hydrogen-bond donors (Lipinski definition) is 4. The molecule has 0 spiro atoms. The van der Waals surface area contributed by atoms with Crippen LogP contribution in [0.15, 0.2) is 59.5 Å². The molecule has 0 aromatic heterocycles. The maximum Gasteiger partial charge on any atom is 0.298 e. The zero-order chi connectivity index (χ0) is 26.8. The molecule has 3 rings (SSSR count). The van der Waals surface area contributed by atoms with E-state index < -0.39 is 20.8 Å². The molecule has 0 fully saturated rings. The van der Waals surface area contributed by atoms with Crippen LogP contribution in [0.1, 0.15) is 83.3 Å². The standard InChI is InChI=1S/C19H33N.C10H8O5S/c1-4-7-12-17-13-10-11-14-18(17)19(20,15-8-5-2)16-9-6-3;11-8-5-9(16(13,14)15)10(12)7-4-2-1-3-6(7)8/h10-11,13-14H,4-9,12,15-16,20H2,1-3H3;1-5,11-12H,(H,13,14,15). The average molecular weight is 516 g/mol. The van der Waals surface area contributed by atoms with Gasteiger partial charge in [0.05, 0.1) is 0 Å². The van der Waals surface area contributed by atoms with E-state index in [0.29, 0.717) is 5.39 Å². The highest BCUT2D eigenvalue weighted by Gasteiger charge is 2.28. The van der Waals surface area contributed by atoms with Crippen molar-refractivity contribution >= 4 is 20.9 Å². The number of unbranched alkanes of at least 4 members (excludes halogenated alkanes) is 3. The molecule has 7 heteroatoms. The first kappa shape index (κ1) is 29.6. The fraction of sp³-hybridized carbons (Fsp3) is 0.448. The first-order valence-electron chi connectivity index (χ1n) is 12.9. The molecule has 0 heterocycles. The highest BCUT2D eigenvalue weighted by Crippen LogP contribution is 2.37. The lowest BCUT2D eigenvalue weighted by Gasteiger charge is -2.32. The molecule has 3 aromatic rings. The Bertz CT molecular complexity index is 1220. The third kappa shape index (κ3) is 7.69. The smallest absolute Gasteiger partial charge is 0.298 e. The lowest BCUT2D eigenvalue weighted by molar-refractivity contribution is 0.351. The minimum Gasteiger partial charge on any atom is -0.507 e. The van der Waals surface area contributed by atoms with Crippen LogP contribution in [0, 0.1) is 0 Å². The van der Waals surface area contributed by atoms with E-state index in [4.69, 9.17) is 10.3 Å². The van der Waals surface area contributed by atoms with Crippen LogP contribution in [0.3, 0.4) is 0 Å². The van der Waals surface area contributed by atoms with Gasteiger partial charge in [-0.2, -0.15) is 8.42 Å². The van der Waals surface area contributed by atoms with Crippen LogP contribution in [0.25, 0.3) is 10.8 Å². The minimum atomic E-state index is -4.56. The van der Waals surface area contributed by atoms with Crippen molar-refractivity contribution in [3.8, 4) is 11.5 Å². The van der Waals surface area contributed by atoms with E-state index in [1.165, 1.54) is 68.2 Å². The van der Waals surface area contributed by atoms with Gasteiger partial charge in [-0.3, -0.25) is 4.55 Å². The molecule has 6 nitrogen and oxygen atoms in total. The van der Waals surface area contributed by atoms with Crippen LogP contribution >= 0.6 is 0 Å². The van der Waals surface area contributed by atoms with E-state index in [1.54, 1.807) is 12.1 Å². The molecule has 198 valence electrons. The molecular weight excluding hydrogens is 474 g/mol. The molecule has 0 radical (unpaired) electrons. The van der Waals surface area contributed by atoms with Gasteiger partial charge in [0.25, 0.3) is 10.1 Å². The number of fused-ring (bicyclic) bond motifs is 1. The van der Waals surface area contributed by atoms with E-state index in [2.05, 4.69) is 45.0 Å². The predicted molar refractivity (Wildman–Crippen MR) is 147 cm³/mol. The largest absolute Gasteiger partial charge is 0.507 e. The number of phenolic OH excluding ortho intramolecular Hbond substituents is 2. The van der Waals surface area contributed by atoms with Gasteiger partial charge < -0.3 is 15.9 Å². The molecule has 3 aromatic carbocycles. The van der Waals surface area contributed by atoms with Gasteiger partial charge in [-0.1, -0.05) is 101 Å². The van der Waals surface area contributed by atoms with Crippen LogP contribution in [0.5, 0.6) is 11.5 Å². The van der Waals surface area contributed by atoms with Gasteiger partial charge in [0.2, 0.25) is 0 Å². The van der Waals surface area contributed by atoms with E-state index in [0.717, 1.165) is 18.9 Å². The summed E-state index contributed by atoms with van der Waals surface area (Å²) in [5.74, 6) is -0.892. The lowest BCUT2D eigenvalue weighted by atomic mass is 9.78. The summed E-state index contributed by atoms with van der Waals surface area (Å²) in [6.07, 6.45) is 10.8. The van der Waals surface area contributed by atoms with E-state index in [9.17, 15) is 18.6 Å². The third-order valence-corrected chi connectivity index (χ3v) is 7.41. The molecule has 0 aliphatic heterocycles. The molecule has 0 aliphatic rings. The summed E-state index contributed by atoms with van der Waals surface area (Å²) in [5, 5.41) is 19.7. The topological polar surface area (TPSA) is 121 Å². The molecular formula is C29H41NO5S. The van der Waals surface area contributed by atoms with E-state index in [-0.39, 0.29) is 16.7 Å². The molecule has 0 atom stereocenters. The summed E-state index contributed by atoms with van der Waals surface area (Å²) in [6.45, 7) is 6.76. The quantitative estimate of drug-likeness (QED) is 0.160. The predicted octanol–water partition coefficient (Wildman–Crippen LogP) is 7.06. The average Bonchev–Trinajstić information content (AvgIpc) is 2.87. The van der Waals surface area contributed by atoms with Gasteiger partial charge in [0, 0.05) is 22.4 Å². The van der Waals surface area contributed by atoms with Gasteiger partial charge in [0.15, 0.2) is 0 Å². The number of rotatable bonds is 11. The summed E-state index contributed by atoms with van der Waals surface area (Å²) in [5.41, 5.74) is 9.64. The van der Waals surface area contributed by atoms with Gasteiger partial charge in [-0.05, 0) is 36.8 Å². The Morgan fingerprint density at radius 2 is 1.33 bits per heavy atom. The summed E-state index contributed by atoms with van der Waals surface area (Å²) in [6, 6.07) is 15.9. The van der Waals surface area contributed by atoms with Crippen molar-refractivity contribution in [2.45, 2.75) is 89.0 Å². The lowest BCUT2D eigenvalue weighted by Crippen LogP contribution is -2.37. The molecule has 0 aliphatic carbocycles. The number of benzene rings is 3. The highest BCUT2D eigenvalue weighted by atomic mass is 32.2. The Labute approximate surface area is 215 Å². The molecule has 0 bridgehead atoms. The number of hydrogen-bond acceptors (Lipinski definition) is 5. The molecule has 5 N–H and O–H groups in total. The van der Waals surface area contributed by atoms with Gasteiger partial charge in [0.1, 0.15) is 16.4 Å². The zero-order valence-corrected chi connectivity index (χ0v) is 22.5. The van der Waals surface area contributed by atoms with Crippen molar-refractivity contribution < 1.29 is 23.2 Å². The molecule has 36 heavy (non-hydrogen) atoms. The summed E-state index contributed by atoms with van der Waals surface area (Å²) in [7, 11) is -4.56. The number of aryl methyl sites for hydroxylation is 1. The van der Waals surface area contributed by atoms with Crippen LogP contribution in [0.4, 0.5) is 0 Å². The summed E-state index contributed by atoms with van der Waals surface area (Å²) < 4.78 is 30.7. The highest BCUT2D eigenvalue weighted by molar-refractivity contribution is 7.86. The molecule has 0 amide bonds. The Kier molecular flexibility index (Phi) is 11.2. The first-order valence-corrected chi connectivity index (χ1v) is 14.3. The van der Waals surface area contributed by atoms with Crippen LogP contribution in [-0.2, 0) is 22.1 Å². The van der Waals surface area contributed by atoms with Crippen molar-refractivity contribution in [3.05, 3.63) is 65.7 Å². The van der Waals surface area contributed by atoms with Gasteiger partial charge in [-0.25, -0.2) is 0 Å². The maximum absolute atomic E-state index is 10.9. The Balaban J connectivity index is 0.000000259. The zero-order valence-electron chi connectivity index (χ0n) is 21.7. The Morgan fingerprint density at radius 1 is 0.806 bits per heavy atom. The second-order valence-electron chi connectivity index (χ2n) is 9.39. The minimum absolute atomic E-state index is 0.115. The third-order valence-electron chi connectivity index (χ3n) is 6.54. The second-order valence-corrected chi connectivity index (χ2v) is 10.8. The molecule has 0 unspecified atom stereocenters. The monoisotopic (exact) mass is 515 g/mol. The summed E-state index contributed by atoms with van der Waals surface area (Å²) in [4.78, 5) is -0.705. The van der Waals surface area contributed by atoms with Crippen molar-refractivity contribution in [1.29, 1.82) is 0 Å². The first-order chi connectivity index (χ1) is 17.1. The van der Waals surface area contributed by atoms with Crippen molar-refractivity contribution in [1.82, 2.24) is 0 Å². The number of phenols is 2. The second kappa shape index (κ2) is 13.6. The summed E-state index contributed by atoms with van der Waals surface area (Å²) >= 11 is 0. The maximum atomic E-state index is 10.9. The number of aromatic hydroxyl groups is 2. The fourth-order valence-electron chi connectivity index (χ4n) is 4.48. The van der Waals surface area contributed by atoms with Crippen molar-refractivity contribution in [2.24, 2.45) is 5.73 Å². The van der Waals surface area contributed by atoms with Gasteiger partial charge >= 0.3 is 0 Å². The number of nitrogens with two attached hydrogens (primary N) is 1. The van der Waals surface area contributed by atoms with Crippen molar-refractivity contribution in [3.63, 3.8) is 0 Å².